The zero-order chi connectivity index (χ0) is 22.6. The van der Waals surface area contributed by atoms with Crippen molar-refractivity contribution >= 4 is 27.6 Å². The molecule has 0 aliphatic carbocycles. The molecular formula is C21H24N2O7S. The van der Waals surface area contributed by atoms with E-state index in [0.717, 1.165) is 12.8 Å². The van der Waals surface area contributed by atoms with Gasteiger partial charge in [-0.25, -0.2) is 13.2 Å². The second-order valence-electron chi connectivity index (χ2n) is 6.83. The first-order valence-electron chi connectivity index (χ1n) is 9.57. The highest BCUT2D eigenvalue weighted by atomic mass is 32.2. The first kappa shape index (κ1) is 22.6. The minimum absolute atomic E-state index is 0.0764. The molecule has 1 saturated heterocycles. The number of anilines is 1. The second-order valence-corrected chi connectivity index (χ2v) is 8.74. The molecular weight excluding hydrogens is 424 g/mol. The van der Waals surface area contributed by atoms with Crippen LogP contribution in [0.1, 0.15) is 33.6 Å². The molecule has 1 heterocycles. The molecule has 0 spiro atoms. The first-order chi connectivity index (χ1) is 14.8. The summed E-state index contributed by atoms with van der Waals surface area (Å²) in [5.74, 6) is -0.665. The number of nitrogens with zero attached hydrogens (tertiary/aromatic N) is 1. The molecule has 31 heavy (non-hydrogen) atoms. The number of hydrogen-bond donors (Lipinski definition) is 1. The fourth-order valence-corrected chi connectivity index (χ4v) is 5.02. The van der Waals surface area contributed by atoms with Gasteiger partial charge < -0.3 is 19.5 Å². The number of rotatable bonds is 7. The van der Waals surface area contributed by atoms with Crippen LogP contribution in [0.4, 0.5) is 5.69 Å². The van der Waals surface area contributed by atoms with Gasteiger partial charge in [0.05, 0.1) is 32.6 Å². The molecule has 1 amide bonds. The van der Waals surface area contributed by atoms with Crippen molar-refractivity contribution in [3.8, 4) is 11.5 Å². The molecule has 0 aromatic heterocycles. The van der Waals surface area contributed by atoms with Crippen LogP contribution in [0.25, 0.3) is 0 Å². The molecule has 1 aliphatic heterocycles. The summed E-state index contributed by atoms with van der Waals surface area (Å²) in [5.41, 5.74) is 0.413. The van der Waals surface area contributed by atoms with Crippen molar-refractivity contribution < 1.29 is 32.2 Å². The topological polar surface area (TPSA) is 111 Å². The Labute approximate surface area is 181 Å². The Morgan fingerprint density at radius 3 is 2.29 bits per heavy atom. The highest BCUT2D eigenvalue weighted by Crippen LogP contribution is 2.30. The Morgan fingerprint density at radius 1 is 0.968 bits per heavy atom. The van der Waals surface area contributed by atoms with Crippen molar-refractivity contribution in [2.24, 2.45) is 0 Å². The predicted octanol–water partition coefficient (Wildman–Crippen LogP) is 2.53. The highest BCUT2D eigenvalue weighted by Gasteiger charge is 2.30. The van der Waals surface area contributed by atoms with Crippen LogP contribution in [-0.2, 0) is 14.8 Å². The summed E-state index contributed by atoms with van der Waals surface area (Å²) in [6.45, 7) is 0.854. The normalized spacial score (nSPS) is 14.2. The van der Waals surface area contributed by atoms with E-state index in [1.165, 1.54) is 56.0 Å². The number of benzene rings is 2. The van der Waals surface area contributed by atoms with Crippen molar-refractivity contribution in [3.05, 3.63) is 47.5 Å². The number of carbonyl (C=O) groups is 2. The quantitative estimate of drug-likeness (QED) is 0.648. The maximum Gasteiger partial charge on any atom is 0.340 e. The summed E-state index contributed by atoms with van der Waals surface area (Å²) in [6, 6.07) is 8.71. The van der Waals surface area contributed by atoms with Gasteiger partial charge in [-0.15, -0.1) is 0 Å². The molecule has 1 N–H and O–H groups in total. The summed E-state index contributed by atoms with van der Waals surface area (Å²) >= 11 is 0. The molecule has 0 radical (unpaired) electrons. The van der Waals surface area contributed by atoms with Crippen LogP contribution >= 0.6 is 0 Å². The number of sulfonamides is 1. The third kappa shape index (κ3) is 4.64. The minimum Gasteiger partial charge on any atom is -0.497 e. The molecule has 2 aromatic carbocycles. The van der Waals surface area contributed by atoms with Gasteiger partial charge in [-0.1, -0.05) is 0 Å². The maximum absolute atomic E-state index is 13.0. The molecule has 0 saturated carbocycles. The van der Waals surface area contributed by atoms with E-state index in [0.29, 0.717) is 18.8 Å². The van der Waals surface area contributed by atoms with Crippen molar-refractivity contribution in [1.82, 2.24) is 4.31 Å². The van der Waals surface area contributed by atoms with E-state index in [1.54, 1.807) is 6.07 Å². The van der Waals surface area contributed by atoms with Gasteiger partial charge in [-0.3, -0.25) is 4.79 Å². The molecule has 0 bridgehead atoms. The van der Waals surface area contributed by atoms with Gasteiger partial charge in [0.2, 0.25) is 10.0 Å². The number of carbonyl (C=O) groups excluding carboxylic acids is 2. The SMILES string of the molecule is COC(=O)c1cc(OC)ccc1NC(=O)c1ccc(OC)c(S(=O)(=O)N2CCCC2)c1. The van der Waals surface area contributed by atoms with Crippen LogP contribution in [0.3, 0.4) is 0 Å². The van der Waals surface area contributed by atoms with Crippen molar-refractivity contribution in [2.45, 2.75) is 17.7 Å². The van der Waals surface area contributed by atoms with Crippen molar-refractivity contribution in [3.63, 3.8) is 0 Å². The summed E-state index contributed by atoms with van der Waals surface area (Å²) in [7, 11) is 0.247. The van der Waals surface area contributed by atoms with Crippen molar-refractivity contribution in [2.75, 3.05) is 39.7 Å². The number of amides is 1. The Bertz CT molecular complexity index is 1090. The van der Waals surface area contributed by atoms with Crippen LogP contribution in [0, 0.1) is 0 Å². The number of ether oxygens (including phenoxy) is 3. The lowest BCUT2D eigenvalue weighted by molar-refractivity contribution is 0.0601. The zero-order valence-corrected chi connectivity index (χ0v) is 18.3. The summed E-state index contributed by atoms with van der Waals surface area (Å²) in [6.07, 6.45) is 1.57. The van der Waals surface area contributed by atoms with Gasteiger partial charge in [0, 0.05) is 18.7 Å². The smallest absolute Gasteiger partial charge is 0.340 e. The Balaban J connectivity index is 1.95. The molecule has 9 nitrogen and oxygen atoms in total. The monoisotopic (exact) mass is 448 g/mol. The van der Waals surface area contributed by atoms with Gasteiger partial charge in [-0.05, 0) is 49.2 Å². The van der Waals surface area contributed by atoms with Crippen LogP contribution in [0.15, 0.2) is 41.3 Å². The molecule has 3 rings (SSSR count). The fourth-order valence-electron chi connectivity index (χ4n) is 3.32. The average Bonchev–Trinajstić information content (AvgIpc) is 3.34. The summed E-state index contributed by atoms with van der Waals surface area (Å²) in [4.78, 5) is 24.9. The lowest BCUT2D eigenvalue weighted by atomic mass is 10.1. The molecule has 0 unspecified atom stereocenters. The van der Waals surface area contributed by atoms with Gasteiger partial charge in [0.25, 0.3) is 5.91 Å². The van der Waals surface area contributed by atoms with E-state index in [-0.39, 0.29) is 27.5 Å². The lowest BCUT2D eigenvalue weighted by Crippen LogP contribution is -2.28. The Morgan fingerprint density at radius 2 is 1.68 bits per heavy atom. The number of hydrogen-bond acceptors (Lipinski definition) is 7. The first-order valence-corrected chi connectivity index (χ1v) is 11.0. The van der Waals surface area contributed by atoms with E-state index in [9.17, 15) is 18.0 Å². The van der Waals surface area contributed by atoms with Gasteiger partial charge in [-0.2, -0.15) is 4.31 Å². The zero-order valence-electron chi connectivity index (χ0n) is 17.5. The Hall–Kier alpha value is -3.11. The third-order valence-corrected chi connectivity index (χ3v) is 6.91. The lowest BCUT2D eigenvalue weighted by Gasteiger charge is -2.18. The van der Waals surface area contributed by atoms with E-state index in [4.69, 9.17) is 14.2 Å². The number of nitrogens with one attached hydrogen (secondary N) is 1. The van der Waals surface area contributed by atoms with Gasteiger partial charge >= 0.3 is 5.97 Å². The third-order valence-electron chi connectivity index (χ3n) is 4.99. The standard InChI is InChI=1S/C21H24N2O7S/c1-28-15-7-8-17(16(13-15)21(25)30-3)22-20(24)14-6-9-18(29-2)19(12-14)31(26,27)23-10-4-5-11-23/h6-9,12-13H,4-5,10-11H2,1-3H3,(H,22,24). The minimum atomic E-state index is -3.81. The molecule has 1 aliphatic rings. The summed E-state index contributed by atoms with van der Waals surface area (Å²) in [5, 5.41) is 2.63. The maximum atomic E-state index is 13.0. The van der Waals surface area contributed by atoms with Crippen LogP contribution in [-0.4, -0.2) is 59.0 Å². The number of esters is 1. The highest BCUT2D eigenvalue weighted by molar-refractivity contribution is 7.89. The molecule has 166 valence electrons. The average molecular weight is 448 g/mol. The Kier molecular flexibility index (Phi) is 6.81. The van der Waals surface area contributed by atoms with Gasteiger partial charge in [0.1, 0.15) is 16.4 Å². The van der Waals surface area contributed by atoms with Gasteiger partial charge in [0.15, 0.2) is 0 Å². The van der Waals surface area contributed by atoms with E-state index < -0.39 is 21.9 Å². The fraction of sp³-hybridized carbons (Fsp3) is 0.333. The van der Waals surface area contributed by atoms with E-state index >= 15 is 0 Å². The van der Waals surface area contributed by atoms with E-state index in [1.807, 2.05) is 0 Å². The second kappa shape index (κ2) is 9.36. The number of methoxy groups -OCH3 is 3. The molecule has 1 fully saturated rings. The van der Waals surface area contributed by atoms with Crippen LogP contribution < -0.4 is 14.8 Å². The largest absolute Gasteiger partial charge is 0.497 e. The predicted molar refractivity (Wildman–Crippen MR) is 113 cm³/mol. The molecule has 0 atom stereocenters. The molecule has 10 heteroatoms. The summed E-state index contributed by atoms with van der Waals surface area (Å²) < 4.78 is 42.6. The van der Waals surface area contributed by atoms with Crippen LogP contribution in [0.5, 0.6) is 11.5 Å². The van der Waals surface area contributed by atoms with Crippen molar-refractivity contribution in [1.29, 1.82) is 0 Å². The molecule has 2 aromatic rings. The van der Waals surface area contributed by atoms with E-state index in [2.05, 4.69) is 5.32 Å². The van der Waals surface area contributed by atoms with Crippen LogP contribution in [0.2, 0.25) is 0 Å².